The lowest BCUT2D eigenvalue weighted by Gasteiger charge is -2.15. The van der Waals surface area contributed by atoms with Crippen LogP contribution >= 0.6 is 23.2 Å². The van der Waals surface area contributed by atoms with Crippen LogP contribution in [0.2, 0.25) is 10.0 Å². The molecule has 0 unspecified atom stereocenters. The first-order valence-electron chi connectivity index (χ1n) is 8.15. The fourth-order valence-electron chi connectivity index (χ4n) is 2.96. The maximum atomic E-state index is 12.1. The Morgan fingerprint density at radius 1 is 1.28 bits per heavy atom. The summed E-state index contributed by atoms with van der Waals surface area (Å²) >= 11 is 11.8. The molecule has 3 rings (SSSR count). The molecule has 0 bridgehead atoms. The summed E-state index contributed by atoms with van der Waals surface area (Å²) in [4.78, 5) is 16.2. The molecule has 0 radical (unpaired) electrons. The average Bonchev–Trinajstić information content (AvgIpc) is 2.97. The first kappa shape index (κ1) is 18.0. The molecule has 2 aromatic rings. The quantitative estimate of drug-likeness (QED) is 0.793. The summed E-state index contributed by atoms with van der Waals surface area (Å²) in [6.45, 7) is 0. The molecule has 3 N–H and O–H groups in total. The number of nitrogens with one attached hydrogen (secondary N) is 1. The minimum absolute atomic E-state index is 0.0153. The van der Waals surface area contributed by atoms with Crippen LogP contribution in [0.25, 0.3) is 0 Å². The zero-order chi connectivity index (χ0) is 17.8. The lowest BCUT2D eigenvalue weighted by Crippen LogP contribution is -2.28. The summed E-state index contributed by atoms with van der Waals surface area (Å²) in [7, 11) is 0. The molecule has 5 nitrogen and oxygen atoms in total. The number of carbonyl (C=O) groups is 1. The average molecular weight is 380 g/mol. The van der Waals surface area contributed by atoms with Crippen molar-refractivity contribution in [1.29, 1.82) is 0 Å². The SMILES string of the molecule is N[C@@H]1CCC[C@H]1CC(=O)Nc1ccc(Oc2ncc(Cl)cc2Cl)cc1. The molecule has 0 saturated heterocycles. The molecule has 7 heteroatoms. The van der Waals surface area contributed by atoms with Gasteiger partial charge in [-0.1, -0.05) is 29.6 Å². The maximum Gasteiger partial charge on any atom is 0.238 e. The third kappa shape index (κ3) is 4.84. The zero-order valence-corrected chi connectivity index (χ0v) is 15.1. The Hall–Kier alpha value is -1.82. The van der Waals surface area contributed by atoms with Gasteiger partial charge in [-0.25, -0.2) is 4.98 Å². The molecule has 0 aliphatic heterocycles. The lowest BCUT2D eigenvalue weighted by molar-refractivity contribution is -0.117. The van der Waals surface area contributed by atoms with E-state index < -0.39 is 0 Å². The number of nitrogens with zero attached hydrogens (tertiary/aromatic N) is 1. The minimum Gasteiger partial charge on any atom is -0.438 e. The van der Waals surface area contributed by atoms with Gasteiger partial charge < -0.3 is 15.8 Å². The van der Waals surface area contributed by atoms with Gasteiger partial charge in [0.25, 0.3) is 0 Å². The Morgan fingerprint density at radius 2 is 2.04 bits per heavy atom. The molecule has 25 heavy (non-hydrogen) atoms. The second kappa shape index (κ2) is 8.04. The van der Waals surface area contributed by atoms with Gasteiger partial charge in [0.2, 0.25) is 11.8 Å². The van der Waals surface area contributed by atoms with Crippen molar-refractivity contribution >= 4 is 34.8 Å². The largest absolute Gasteiger partial charge is 0.438 e. The van der Waals surface area contributed by atoms with E-state index in [-0.39, 0.29) is 23.7 Å². The molecule has 0 spiro atoms. The fourth-order valence-corrected chi connectivity index (χ4v) is 3.38. The van der Waals surface area contributed by atoms with Gasteiger partial charge in [-0.2, -0.15) is 0 Å². The number of rotatable bonds is 5. The Balaban J connectivity index is 1.57. The van der Waals surface area contributed by atoms with Crippen molar-refractivity contribution in [2.75, 3.05) is 5.32 Å². The highest BCUT2D eigenvalue weighted by Gasteiger charge is 2.25. The monoisotopic (exact) mass is 379 g/mol. The number of amides is 1. The van der Waals surface area contributed by atoms with Gasteiger partial charge in [0.1, 0.15) is 10.8 Å². The van der Waals surface area contributed by atoms with E-state index in [4.69, 9.17) is 33.7 Å². The number of halogens is 2. The molecule has 1 aliphatic carbocycles. The van der Waals surface area contributed by atoms with E-state index in [9.17, 15) is 4.79 Å². The molecule has 1 aromatic heterocycles. The highest BCUT2D eigenvalue weighted by atomic mass is 35.5. The van der Waals surface area contributed by atoms with Crippen LogP contribution in [0.15, 0.2) is 36.5 Å². The zero-order valence-electron chi connectivity index (χ0n) is 13.5. The van der Waals surface area contributed by atoms with Gasteiger partial charge in [-0.15, -0.1) is 0 Å². The second-order valence-electron chi connectivity index (χ2n) is 6.17. The molecule has 1 aliphatic rings. The Morgan fingerprint density at radius 3 is 2.68 bits per heavy atom. The van der Waals surface area contributed by atoms with Crippen molar-refractivity contribution in [3.63, 3.8) is 0 Å². The number of aromatic nitrogens is 1. The predicted molar refractivity (Wildman–Crippen MR) is 99.3 cm³/mol. The summed E-state index contributed by atoms with van der Waals surface area (Å²) in [6, 6.07) is 8.72. The molecule has 2 atom stereocenters. The summed E-state index contributed by atoms with van der Waals surface area (Å²) < 4.78 is 5.61. The standard InChI is InChI=1S/C18H19Cl2N3O2/c19-12-9-15(20)18(22-10-12)25-14-6-4-13(5-7-14)23-17(24)8-11-2-1-3-16(11)21/h4-7,9-11,16H,1-3,8,21H2,(H,23,24)/t11-,16+/m0/s1. The molecular weight excluding hydrogens is 361 g/mol. The Labute approximate surface area is 156 Å². The first-order chi connectivity index (χ1) is 12.0. The van der Waals surface area contributed by atoms with E-state index in [1.54, 1.807) is 30.3 Å². The second-order valence-corrected chi connectivity index (χ2v) is 7.02. The summed E-state index contributed by atoms with van der Waals surface area (Å²) in [5, 5.41) is 3.66. The van der Waals surface area contributed by atoms with E-state index in [0.717, 1.165) is 19.3 Å². The number of carbonyl (C=O) groups excluding carboxylic acids is 1. The van der Waals surface area contributed by atoms with Gasteiger partial charge in [-0.05, 0) is 49.1 Å². The minimum atomic E-state index is -0.0153. The number of anilines is 1. The van der Waals surface area contributed by atoms with Crippen LogP contribution in [0.4, 0.5) is 5.69 Å². The van der Waals surface area contributed by atoms with Gasteiger partial charge in [0, 0.05) is 24.3 Å². The van der Waals surface area contributed by atoms with Crippen molar-refractivity contribution in [3.8, 4) is 11.6 Å². The van der Waals surface area contributed by atoms with Crippen LogP contribution in [-0.4, -0.2) is 16.9 Å². The third-order valence-electron chi connectivity index (χ3n) is 4.29. The van der Waals surface area contributed by atoms with Crippen LogP contribution < -0.4 is 15.8 Å². The molecule has 1 saturated carbocycles. The molecular formula is C18H19Cl2N3O2. The highest BCUT2D eigenvalue weighted by molar-refractivity contribution is 6.35. The van der Waals surface area contributed by atoms with Crippen LogP contribution in [0.1, 0.15) is 25.7 Å². The molecule has 1 aromatic carbocycles. The molecule has 1 heterocycles. The summed E-state index contributed by atoms with van der Waals surface area (Å²) in [6.07, 6.45) is 5.06. The van der Waals surface area contributed by atoms with Crippen LogP contribution in [-0.2, 0) is 4.79 Å². The summed E-state index contributed by atoms with van der Waals surface area (Å²) in [5.74, 6) is 1.10. The fraction of sp³-hybridized carbons (Fsp3) is 0.333. The number of ether oxygens (including phenoxy) is 1. The van der Waals surface area contributed by atoms with Crippen molar-refractivity contribution in [2.45, 2.75) is 31.7 Å². The van der Waals surface area contributed by atoms with Crippen molar-refractivity contribution in [3.05, 3.63) is 46.6 Å². The van der Waals surface area contributed by atoms with Crippen LogP contribution in [0.5, 0.6) is 11.6 Å². The number of hydrogen-bond acceptors (Lipinski definition) is 4. The van der Waals surface area contributed by atoms with Gasteiger partial charge in [-0.3, -0.25) is 4.79 Å². The maximum absolute atomic E-state index is 12.1. The van der Waals surface area contributed by atoms with E-state index >= 15 is 0 Å². The van der Waals surface area contributed by atoms with Crippen LogP contribution in [0.3, 0.4) is 0 Å². The Kier molecular flexibility index (Phi) is 5.78. The lowest BCUT2D eigenvalue weighted by atomic mass is 10.00. The molecule has 1 amide bonds. The molecule has 1 fully saturated rings. The summed E-state index contributed by atoms with van der Waals surface area (Å²) in [5.41, 5.74) is 6.72. The predicted octanol–water partition coefficient (Wildman–Crippen LogP) is 4.64. The van der Waals surface area contributed by atoms with Gasteiger partial charge >= 0.3 is 0 Å². The number of pyridine rings is 1. The van der Waals surface area contributed by atoms with Crippen LogP contribution in [0, 0.1) is 5.92 Å². The van der Waals surface area contributed by atoms with Gasteiger partial charge in [0.15, 0.2) is 0 Å². The topological polar surface area (TPSA) is 77.2 Å². The third-order valence-corrected chi connectivity index (χ3v) is 4.77. The van der Waals surface area contributed by atoms with E-state index in [1.807, 2.05) is 0 Å². The van der Waals surface area contributed by atoms with E-state index in [2.05, 4.69) is 10.3 Å². The first-order valence-corrected chi connectivity index (χ1v) is 8.91. The number of hydrogen-bond donors (Lipinski definition) is 2. The van der Waals surface area contributed by atoms with Crippen molar-refractivity contribution < 1.29 is 9.53 Å². The smallest absolute Gasteiger partial charge is 0.238 e. The van der Waals surface area contributed by atoms with Crippen molar-refractivity contribution in [1.82, 2.24) is 4.98 Å². The normalized spacial score (nSPS) is 19.6. The highest BCUT2D eigenvalue weighted by Crippen LogP contribution is 2.30. The number of benzene rings is 1. The molecule has 132 valence electrons. The Bertz CT molecular complexity index is 752. The van der Waals surface area contributed by atoms with Crippen molar-refractivity contribution in [2.24, 2.45) is 11.7 Å². The number of nitrogens with two attached hydrogens (primary N) is 1. The van der Waals surface area contributed by atoms with E-state index in [0.29, 0.717) is 27.9 Å². The van der Waals surface area contributed by atoms with E-state index in [1.165, 1.54) is 6.20 Å². The van der Waals surface area contributed by atoms with Gasteiger partial charge in [0.05, 0.1) is 5.02 Å².